The molecule has 1 N–H and O–H groups in total. The lowest BCUT2D eigenvalue weighted by molar-refractivity contribution is 0.378. The summed E-state index contributed by atoms with van der Waals surface area (Å²) in [6.07, 6.45) is 2.35. The molecular formula is C16H23N3O. The molecule has 0 radical (unpaired) electrons. The predicted octanol–water partition coefficient (Wildman–Crippen LogP) is 3.22. The molecule has 2 heterocycles. The van der Waals surface area contributed by atoms with Crippen LogP contribution in [0.4, 0.5) is 0 Å². The van der Waals surface area contributed by atoms with Gasteiger partial charge in [0.05, 0.1) is 23.7 Å². The lowest BCUT2D eigenvalue weighted by Crippen LogP contribution is -2.36. The summed E-state index contributed by atoms with van der Waals surface area (Å²) in [6.45, 7) is 7.76. The van der Waals surface area contributed by atoms with Gasteiger partial charge in [0.2, 0.25) is 0 Å². The van der Waals surface area contributed by atoms with E-state index in [9.17, 15) is 0 Å². The fourth-order valence-corrected chi connectivity index (χ4v) is 3.20. The Morgan fingerprint density at radius 3 is 2.80 bits per heavy atom. The van der Waals surface area contributed by atoms with Crippen LogP contribution in [0, 0.1) is 0 Å². The molecule has 0 aliphatic carbocycles. The zero-order valence-corrected chi connectivity index (χ0v) is 12.7. The summed E-state index contributed by atoms with van der Waals surface area (Å²) in [4.78, 5) is 4.92. The normalized spacial score (nSPS) is 22.9. The standard InChI is InChI=1S/C16H23N3O/c1-11(2)19-14-7-6-12(20-4)10-13(14)18-15(19)16(3)8-5-9-17-16/h6-7,10-11,17H,5,8-9H2,1-4H3. The van der Waals surface area contributed by atoms with Crippen molar-refractivity contribution < 1.29 is 4.74 Å². The van der Waals surface area contributed by atoms with Crippen LogP contribution in [0.25, 0.3) is 11.0 Å². The number of nitrogens with one attached hydrogen (secondary N) is 1. The van der Waals surface area contributed by atoms with Gasteiger partial charge in [0, 0.05) is 12.1 Å². The van der Waals surface area contributed by atoms with E-state index < -0.39 is 0 Å². The summed E-state index contributed by atoms with van der Waals surface area (Å²) >= 11 is 0. The highest BCUT2D eigenvalue weighted by atomic mass is 16.5. The van der Waals surface area contributed by atoms with E-state index in [4.69, 9.17) is 9.72 Å². The number of imidazole rings is 1. The molecule has 1 aromatic carbocycles. The van der Waals surface area contributed by atoms with Crippen LogP contribution in [0.5, 0.6) is 5.75 Å². The number of aromatic nitrogens is 2. The quantitative estimate of drug-likeness (QED) is 0.933. The maximum Gasteiger partial charge on any atom is 0.130 e. The van der Waals surface area contributed by atoms with E-state index in [0.717, 1.165) is 30.1 Å². The van der Waals surface area contributed by atoms with E-state index in [-0.39, 0.29) is 5.54 Å². The number of benzene rings is 1. The minimum atomic E-state index is -0.0173. The highest BCUT2D eigenvalue weighted by Gasteiger charge is 2.35. The van der Waals surface area contributed by atoms with Gasteiger partial charge >= 0.3 is 0 Å². The third-order valence-electron chi connectivity index (χ3n) is 4.28. The Bertz CT molecular complexity index is 624. The first-order chi connectivity index (χ1) is 9.55. The zero-order valence-electron chi connectivity index (χ0n) is 12.7. The molecule has 0 saturated carbocycles. The number of fused-ring (bicyclic) bond motifs is 1. The van der Waals surface area contributed by atoms with Crippen LogP contribution in [0.3, 0.4) is 0 Å². The third kappa shape index (κ3) is 1.99. The second-order valence-electron chi connectivity index (χ2n) is 6.12. The van der Waals surface area contributed by atoms with Gasteiger partial charge in [-0.15, -0.1) is 0 Å². The summed E-state index contributed by atoms with van der Waals surface area (Å²) in [6, 6.07) is 6.54. The molecule has 108 valence electrons. The molecule has 2 aromatic rings. The van der Waals surface area contributed by atoms with Crippen LogP contribution in [-0.4, -0.2) is 23.2 Å². The fourth-order valence-electron chi connectivity index (χ4n) is 3.20. The first kappa shape index (κ1) is 13.4. The second kappa shape index (κ2) is 4.77. The lowest BCUT2D eigenvalue weighted by Gasteiger charge is -2.26. The molecule has 0 spiro atoms. The Labute approximate surface area is 120 Å². The summed E-state index contributed by atoms with van der Waals surface area (Å²) in [5, 5.41) is 3.62. The second-order valence-corrected chi connectivity index (χ2v) is 6.12. The van der Waals surface area contributed by atoms with Crippen molar-refractivity contribution in [3.05, 3.63) is 24.0 Å². The molecule has 1 unspecified atom stereocenters. The third-order valence-corrected chi connectivity index (χ3v) is 4.28. The maximum absolute atomic E-state index is 5.32. The van der Waals surface area contributed by atoms with Gasteiger partial charge in [-0.1, -0.05) is 0 Å². The summed E-state index contributed by atoms with van der Waals surface area (Å²) in [5.41, 5.74) is 2.19. The van der Waals surface area contributed by atoms with Gasteiger partial charge in [0.1, 0.15) is 11.6 Å². The number of ether oxygens (including phenoxy) is 1. The Balaban J connectivity index is 2.22. The van der Waals surface area contributed by atoms with Crippen molar-refractivity contribution in [2.45, 2.75) is 45.2 Å². The van der Waals surface area contributed by atoms with E-state index in [1.165, 1.54) is 11.9 Å². The van der Waals surface area contributed by atoms with Gasteiger partial charge in [0.25, 0.3) is 0 Å². The smallest absolute Gasteiger partial charge is 0.130 e. The van der Waals surface area contributed by atoms with Gasteiger partial charge in [-0.2, -0.15) is 0 Å². The minimum Gasteiger partial charge on any atom is -0.497 e. The zero-order chi connectivity index (χ0) is 14.3. The Morgan fingerprint density at radius 2 is 2.20 bits per heavy atom. The summed E-state index contributed by atoms with van der Waals surface area (Å²) in [7, 11) is 1.70. The van der Waals surface area contributed by atoms with Crippen LogP contribution in [0.15, 0.2) is 18.2 Å². The van der Waals surface area contributed by atoms with Crippen LogP contribution >= 0.6 is 0 Å². The number of methoxy groups -OCH3 is 1. The molecule has 0 amide bonds. The van der Waals surface area contributed by atoms with E-state index in [2.05, 4.69) is 36.7 Å². The predicted molar refractivity (Wildman–Crippen MR) is 81.3 cm³/mol. The van der Waals surface area contributed by atoms with Crippen LogP contribution < -0.4 is 10.1 Å². The Morgan fingerprint density at radius 1 is 1.40 bits per heavy atom. The topological polar surface area (TPSA) is 39.1 Å². The van der Waals surface area contributed by atoms with Gasteiger partial charge in [0.15, 0.2) is 0 Å². The SMILES string of the molecule is COc1ccc2c(c1)nc(C1(C)CCCN1)n2C(C)C. The number of nitrogens with zero attached hydrogens (tertiary/aromatic N) is 2. The molecular weight excluding hydrogens is 250 g/mol. The van der Waals surface area contributed by atoms with Crippen molar-refractivity contribution in [2.24, 2.45) is 0 Å². The summed E-state index contributed by atoms with van der Waals surface area (Å²) in [5.74, 6) is 2.01. The maximum atomic E-state index is 5.32. The average Bonchev–Trinajstić information content (AvgIpc) is 3.02. The molecule has 1 fully saturated rings. The van der Waals surface area contributed by atoms with E-state index >= 15 is 0 Å². The van der Waals surface area contributed by atoms with Gasteiger partial charge < -0.3 is 14.6 Å². The van der Waals surface area contributed by atoms with Gasteiger partial charge in [-0.25, -0.2) is 4.98 Å². The average molecular weight is 273 g/mol. The highest BCUT2D eigenvalue weighted by Crippen LogP contribution is 2.34. The van der Waals surface area contributed by atoms with Gasteiger partial charge in [-0.3, -0.25) is 0 Å². The van der Waals surface area contributed by atoms with Crippen LogP contribution in [0.1, 0.15) is 45.5 Å². The van der Waals surface area contributed by atoms with Crippen LogP contribution in [0.2, 0.25) is 0 Å². The molecule has 1 aromatic heterocycles. The first-order valence-corrected chi connectivity index (χ1v) is 7.36. The highest BCUT2D eigenvalue weighted by molar-refractivity contribution is 5.78. The monoisotopic (exact) mass is 273 g/mol. The van der Waals surface area contributed by atoms with Crippen molar-refractivity contribution >= 4 is 11.0 Å². The van der Waals surface area contributed by atoms with Crippen LogP contribution in [-0.2, 0) is 5.54 Å². The first-order valence-electron chi connectivity index (χ1n) is 7.36. The van der Waals surface area contributed by atoms with Crippen molar-refractivity contribution in [1.29, 1.82) is 0 Å². The molecule has 1 aliphatic heterocycles. The Hall–Kier alpha value is -1.55. The largest absolute Gasteiger partial charge is 0.497 e. The number of rotatable bonds is 3. The van der Waals surface area contributed by atoms with E-state index in [0.29, 0.717) is 6.04 Å². The molecule has 0 bridgehead atoms. The lowest BCUT2D eigenvalue weighted by atomic mass is 9.99. The molecule has 4 nitrogen and oxygen atoms in total. The van der Waals surface area contributed by atoms with E-state index in [1.807, 2.05) is 12.1 Å². The Kier molecular flexibility index (Phi) is 3.21. The molecule has 1 saturated heterocycles. The van der Waals surface area contributed by atoms with E-state index in [1.54, 1.807) is 7.11 Å². The molecule has 4 heteroatoms. The molecule has 1 aliphatic rings. The molecule has 1 atom stereocenters. The van der Waals surface area contributed by atoms with Crippen molar-refractivity contribution in [1.82, 2.24) is 14.9 Å². The summed E-state index contributed by atoms with van der Waals surface area (Å²) < 4.78 is 7.67. The number of hydrogen-bond donors (Lipinski definition) is 1. The molecule has 3 rings (SSSR count). The van der Waals surface area contributed by atoms with Gasteiger partial charge in [-0.05, 0) is 52.3 Å². The van der Waals surface area contributed by atoms with Crippen molar-refractivity contribution in [3.63, 3.8) is 0 Å². The fraction of sp³-hybridized carbons (Fsp3) is 0.562. The number of hydrogen-bond acceptors (Lipinski definition) is 3. The van der Waals surface area contributed by atoms with Crippen molar-refractivity contribution in [3.8, 4) is 5.75 Å². The minimum absolute atomic E-state index is 0.0173. The van der Waals surface area contributed by atoms with Crippen molar-refractivity contribution in [2.75, 3.05) is 13.7 Å². The molecule has 20 heavy (non-hydrogen) atoms.